The van der Waals surface area contributed by atoms with Gasteiger partial charge in [-0.2, -0.15) is 0 Å². The lowest BCUT2D eigenvalue weighted by Crippen LogP contribution is -2.42. The third kappa shape index (κ3) is 2.87. The Morgan fingerprint density at radius 1 is 1.04 bits per heavy atom. The Kier molecular flexibility index (Phi) is 3.87. The molecule has 5 nitrogen and oxygen atoms in total. The normalized spacial score (nSPS) is 34.7. The lowest BCUT2D eigenvalue weighted by Gasteiger charge is -2.39. The maximum atomic E-state index is 13.4. The van der Waals surface area contributed by atoms with Gasteiger partial charge < -0.3 is 4.90 Å². The minimum atomic E-state index is -3.30. The summed E-state index contributed by atoms with van der Waals surface area (Å²) in [7, 11) is -3.30. The van der Waals surface area contributed by atoms with Crippen molar-refractivity contribution in [3.8, 4) is 0 Å². The molecule has 5 aliphatic rings. The lowest BCUT2D eigenvalue weighted by molar-refractivity contribution is 0.0632. The van der Waals surface area contributed by atoms with E-state index in [0.717, 1.165) is 35.2 Å². The number of amides is 1. The van der Waals surface area contributed by atoms with E-state index in [1.807, 2.05) is 25.1 Å². The third-order valence-electron chi connectivity index (χ3n) is 7.20. The van der Waals surface area contributed by atoms with Crippen LogP contribution in [0.2, 0.25) is 0 Å². The van der Waals surface area contributed by atoms with E-state index in [-0.39, 0.29) is 11.9 Å². The standard InChI is InChI=1S/C21H28N2O3S/c1-13-5-18-11-17(3-4-20(18)23(13)27(2,25)26)21(24)22-12-16-7-14-6-15(8-16)10-19(22)9-14/h3-4,11,13-16,19H,5-10,12H2,1-2H3. The molecule has 0 radical (unpaired) electrons. The molecular formula is C21H28N2O3S. The molecule has 3 aliphatic heterocycles. The summed E-state index contributed by atoms with van der Waals surface area (Å²) in [5.41, 5.74) is 2.43. The van der Waals surface area contributed by atoms with Crippen molar-refractivity contribution in [2.24, 2.45) is 17.8 Å². The van der Waals surface area contributed by atoms with Crippen molar-refractivity contribution < 1.29 is 13.2 Å². The molecule has 6 heteroatoms. The highest BCUT2D eigenvalue weighted by Crippen LogP contribution is 2.47. The summed E-state index contributed by atoms with van der Waals surface area (Å²) in [6, 6.07) is 5.90. The van der Waals surface area contributed by atoms with Gasteiger partial charge in [0.15, 0.2) is 0 Å². The number of fused-ring (bicyclic) bond motifs is 2. The average molecular weight is 389 g/mol. The van der Waals surface area contributed by atoms with E-state index in [1.54, 1.807) is 0 Å². The summed E-state index contributed by atoms with van der Waals surface area (Å²) in [4.78, 5) is 15.5. The smallest absolute Gasteiger partial charge is 0.254 e. The van der Waals surface area contributed by atoms with Crippen LogP contribution >= 0.6 is 0 Å². The van der Waals surface area contributed by atoms with Crippen LogP contribution in [0.25, 0.3) is 0 Å². The molecule has 3 atom stereocenters. The van der Waals surface area contributed by atoms with Crippen molar-refractivity contribution in [1.82, 2.24) is 4.90 Å². The molecule has 0 spiro atoms. The number of hydrogen-bond donors (Lipinski definition) is 0. The summed E-state index contributed by atoms with van der Waals surface area (Å²) >= 11 is 0. The minimum Gasteiger partial charge on any atom is -0.335 e. The Morgan fingerprint density at radius 2 is 1.70 bits per heavy atom. The summed E-state index contributed by atoms with van der Waals surface area (Å²) in [6.45, 7) is 2.83. The second-order valence-electron chi connectivity index (χ2n) is 9.34. The Hall–Kier alpha value is -1.56. The largest absolute Gasteiger partial charge is 0.335 e. The monoisotopic (exact) mass is 388 g/mol. The summed E-state index contributed by atoms with van der Waals surface area (Å²) in [5.74, 6) is 2.44. The van der Waals surface area contributed by atoms with Crippen molar-refractivity contribution >= 4 is 21.6 Å². The first-order valence-electron chi connectivity index (χ1n) is 10.2. The van der Waals surface area contributed by atoms with E-state index in [4.69, 9.17) is 0 Å². The summed E-state index contributed by atoms with van der Waals surface area (Å²) in [5, 5.41) is 0. The zero-order valence-electron chi connectivity index (χ0n) is 16.1. The molecular weight excluding hydrogens is 360 g/mol. The Morgan fingerprint density at radius 3 is 2.37 bits per heavy atom. The highest BCUT2D eigenvalue weighted by molar-refractivity contribution is 7.92. The van der Waals surface area contributed by atoms with Crippen LogP contribution in [-0.4, -0.2) is 44.1 Å². The SMILES string of the molecule is CC1Cc2cc(C(=O)N3CC4CC5CC(C4)CC3C5)ccc2N1S(C)(=O)=O. The zero-order chi connectivity index (χ0) is 18.9. The fourth-order valence-corrected chi connectivity index (χ4v) is 7.70. The van der Waals surface area contributed by atoms with Crippen molar-refractivity contribution in [3.63, 3.8) is 0 Å². The van der Waals surface area contributed by atoms with Crippen LogP contribution in [-0.2, 0) is 16.4 Å². The highest BCUT2D eigenvalue weighted by atomic mass is 32.2. The van der Waals surface area contributed by atoms with Crippen LogP contribution in [0.5, 0.6) is 0 Å². The predicted molar refractivity (Wildman–Crippen MR) is 105 cm³/mol. The number of nitrogens with zero attached hydrogens (tertiary/aromatic N) is 2. The number of sulfonamides is 1. The molecule has 0 N–H and O–H groups in total. The first-order valence-corrected chi connectivity index (χ1v) is 12.1. The first-order chi connectivity index (χ1) is 12.8. The van der Waals surface area contributed by atoms with E-state index in [0.29, 0.717) is 18.4 Å². The van der Waals surface area contributed by atoms with Gasteiger partial charge in [0, 0.05) is 24.2 Å². The van der Waals surface area contributed by atoms with Gasteiger partial charge in [0.2, 0.25) is 10.0 Å². The molecule has 3 heterocycles. The highest BCUT2D eigenvalue weighted by Gasteiger charge is 2.44. The van der Waals surface area contributed by atoms with Gasteiger partial charge in [0.1, 0.15) is 0 Å². The first kappa shape index (κ1) is 17.5. The van der Waals surface area contributed by atoms with Crippen LogP contribution in [0.3, 0.4) is 0 Å². The molecule has 2 aliphatic carbocycles. The topological polar surface area (TPSA) is 57.7 Å². The van der Waals surface area contributed by atoms with E-state index >= 15 is 0 Å². The number of carbonyl (C=O) groups excluding carboxylic acids is 1. The average Bonchev–Trinajstić information content (AvgIpc) is 2.80. The molecule has 4 bridgehead atoms. The van der Waals surface area contributed by atoms with E-state index in [1.165, 1.54) is 42.7 Å². The predicted octanol–water partition coefficient (Wildman–Crippen LogP) is 3.05. The second-order valence-corrected chi connectivity index (χ2v) is 11.2. The van der Waals surface area contributed by atoms with Crippen LogP contribution < -0.4 is 4.31 Å². The van der Waals surface area contributed by atoms with Gasteiger partial charge in [-0.05, 0) is 87.0 Å². The Labute approximate surface area is 161 Å². The number of hydrogen-bond acceptors (Lipinski definition) is 3. The molecule has 6 rings (SSSR count). The van der Waals surface area contributed by atoms with Gasteiger partial charge in [-0.1, -0.05) is 0 Å². The number of benzene rings is 1. The second kappa shape index (κ2) is 5.97. The van der Waals surface area contributed by atoms with Crippen molar-refractivity contribution in [2.45, 2.75) is 57.5 Å². The van der Waals surface area contributed by atoms with E-state index in [9.17, 15) is 13.2 Å². The van der Waals surface area contributed by atoms with Crippen molar-refractivity contribution in [1.29, 1.82) is 0 Å². The minimum absolute atomic E-state index is 0.0927. The van der Waals surface area contributed by atoms with Gasteiger partial charge in [-0.3, -0.25) is 9.10 Å². The quantitative estimate of drug-likeness (QED) is 0.782. The molecule has 2 saturated carbocycles. The molecule has 4 fully saturated rings. The van der Waals surface area contributed by atoms with Crippen LogP contribution in [0, 0.1) is 17.8 Å². The van der Waals surface area contributed by atoms with Crippen molar-refractivity contribution in [3.05, 3.63) is 29.3 Å². The molecule has 3 unspecified atom stereocenters. The van der Waals surface area contributed by atoms with Gasteiger partial charge in [-0.25, -0.2) is 8.42 Å². The van der Waals surface area contributed by atoms with Gasteiger partial charge in [0.25, 0.3) is 5.91 Å². The molecule has 1 amide bonds. The van der Waals surface area contributed by atoms with Gasteiger partial charge in [-0.15, -0.1) is 0 Å². The maximum Gasteiger partial charge on any atom is 0.254 e. The molecule has 1 aromatic rings. The number of rotatable bonds is 2. The van der Waals surface area contributed by atoms with Crippen LogP contribution in [0.15, 0.2) is 18.2 Å². The summed E-state index contributed by atoms with van der Waals surface area (Å²) in [6.07, 6.45) is 8.21. The van der Waals surface area contributed by atoms with Crippen LogP contribution in [0.1, 0.15) is 54.9 Å². The fourth-order valence-electron chi connectivity index (χ4n) is 6.44. The Bertz CT molecular complexity index is 883. The fraction of sp³-hybridized carbons (Fsp3) is 0.667. The van der Waals surface area contributed by atoms with Gasteiger partial charge in [0.05, 0.1) is 11.9 Å². The Balaban J connectivity index is 1.45. The molecule has 27 heavy (non-hydrogen) atoms. The van der Waals surface area contributed by atoms with E-state index in [2.05, 4.69) is 4.90 Å². The molecule has 0 aromatic heterocycles. The number of carbonyl (C=O) groups is 1. The molecule has 146 valence electrons. The van der Waals surface area contributed by atoms with E-state index < -0.39 is 10.0 Å². The molecule has 1 aromatic carbocycles. The van der Waals surface area contributed by atoms with Crippen LogP contribution in [0.4, 0.5) is 5.69 Å². The maximum absolute atomic E-state index is 13.4. The lowest BCUT2D eigenvalue weighted by atomic mass is 9.68. The third-order valence-corrected chi connectivity index (χ3v) is 8.48. The number of anilines is 1. The zero-order valence-corrected chi connectivity index (χ0v) is 16.9. The summed E-state index contributed by atoms with van der Waals surface area (Å²) < 4.78 is 25.7. The molecule has 2 saturated heterocycles. The van der Waals surface area contributed by atoms with Crippen molar-refractivity contribution in [2.75, 3.05) is 17.1 Å². The van der Waals surface area contributed by atoms with Gasteiger partial charge >= 0.3 is 0 Å².